The van der Waals surface area contributed by atoms with Crippen LogP contribution < -0.4 is 0 Å². The molecule has 2 atom stereocenters. The van der Waals surface area contributed by atoms with Crippen molar-refractivity contribution in [1.29, 1.82) is 0 Å². The number of hydrogen-bond donors (Lipinski definition) is 0. The van der Waals surface area contributed by atoms with Crippen molar-refractivity contribution in [3.63, 3.8) is 0 Å². The van der Waals surface area contributed by atoms with Crippen LogP contribution in [0.5, 0.6) is 0 Å². The van der Waals surface area contributed by atoms with E-state index in [2.05, 4.69) is 0 Å². The van der Waals surface area contributed by atoms with E-state index in [-0.39, 0.29) is 11.7 Å². The van der Waals surface area contributed by atoms with E-state index in [9.17, 15) is 13.2 Å². The van der Waals surface area contributed by atoms with Gasteiger partial charge in [0.1, 0.15) is 5.78 Å². The average molecular weight is 205 g/mol. The Morgan fingerprint density at radius 1 is 1.31 bits per heavy atom. The zero-order chi connectivity index (χ0) is 10.2. The van der Waals surface area contributed by atoms with Gasteiger partial charge in [0.2, 0.25) is 10.0 Å². The number of nitrogens with zero attached hydrogens (tertiary/aromatic N) is 1. The molecule has 0 N–H and O–H groups in total. The maximum absolute atomic E-state index is 11.6. The molecule has 2 unspecified atom stereocenters. The maximum Gasteiger partial charge on any atom is 0.217 e. The molecule has 4 nitrogen and oxygen atoms in total. The van der Waals surface area contributed by atoms with E-state index < -0.39 is 15.3 Å². The lowest BCUT2D eigenvalue weighted by atomic mass is 9.82. The molecule has 1 fully saturated rings. The molecule has 0 heterocycles. The van der Waals surface area contributed by atoms with Crippen molar-refractivity contribution in [3.8, 4) is 0 Å². The van der Waals surface area contributed by atoms with Crippen molar-refractivity contribution >= 4 is 15.8 Å². The second kappa shape index (κ2) is 3.38. The van der Waals surface area contributed by atoms with Gasteiger partial charge in [0.05, 0.1) is 5.25 Å². The van der Waals surface area contributed by atoms with Gasteiger partial charge < -0.3 is 0 Å². The van der Waals surface area contributed by atoms with Gasteiger partial charge in [0, 0.05) is 20.0 Å². The van der Waals surface area contributed by atoms with Crippen molar-refractivity contribution < 1.29 is 13.2 Å². The minimum atomic E-state index is -3.22. The Kier molecular flexibility index (Phi) is 2.77. The summed E-state index contributed by atoms with van der Waals surface area (Å²) in [6.45, 7) is 1.46. The molecule has 0 radical (unpaired) electrons. The lowest BCUT2D eigenvalue weighted by Crippen LogP contribution is -2.47. The fourth-order valence-corrected chi connectivity index (χ4v) is 3.28. The van der Waals surface area contributed by atoms with Gasteiger partial charge in [-0.3, -0.25) is 4.79 Å². The summed E-state index contributed by atoms with van der Waals surface area (Å²) in [4.78, 5) is 11.0. The molecule has 0 aliphatic heterocycles. The van der Waals surface area contributed by atoms with E-state index in [0.717, 1.165) is 0 Å². The number of carbonyl (C=O) groups excluding carboxylic acids is 1. The monoisotopic (exact) mass is 205 g/mol. The fraction of sp³-hybridized carbons (Fsp3) is 0.875. The summed E-state index contributed by atoms with van der Waals surface area (Å²) in [6, 6.07) is 0. The van der Waals surface area contributed by atoms with Crippen molar-refractivity contribution in [2.75, 3.05) is 14.1 Å². The van der Waals surface area contributed by atoms with E-state index in [4.69, 9.17) is 0 Å². The normalized spacial score (nSPS) is 28.6. The smallest absolute Gasteiger partial charge is 0.217 e. The Labute approximate surface area is 79.0 Å². The molecule has 1 saturated carbocycles. The molecule has 0 aromatic heterocycles. The Balaban J connectivity index is 2.80. The van der Waals surface area contributed by atoms with E-state index >= 15 is 0 Å². The van der Waals surface area contributed by atoms with Crippen LogP contribution in [0.2, 0.25) is 0 Å². The van der Waals surface area contributed by atoms with Crippen LogP contribution in [-0.4, -0.2) is 37.9 Å². The zero-order valence-electron chi connectivity index (χ0n) is 8.15. The van der Waals surface area contributed by atoms with Gasteiger partial charge in [0.15, 0.2) is 0 Å². The molecular weight excluding hydrogens is 190 g/mol. The molecule has 0 spiro atoms. The second-order valence-corrected chi connectivity index (χ2v) is 6.03. The zero-order valence-corrected chi connectivity index (χ0v) is 8.97. The van der Waals surface area contributed by atoms with Crippen LogP contribution in [0, 0.1) is 5.92 Å². The van der Waals surface area contributed by atoms with Gasteiger partial charge in [-0.15, -0.1) is 0 Å². The van der Waals surface area contributed by atoms with Crippen LogP contribution in [0.15, 0.2) is 0 Å². The van der Waals surface area contributed by atoms with Crippen molar-refractivity contribution in [2.24, 2.45) is 5.92 Å². The van der Waals surface area contributed by atoms with Crippen molar-refractivity contribution in [1.82, 2.24) is 4.31 Å². The Bertz CT molecular complexity index is 307. The molecule has 0 aromatic carbocycles. The first-order chi connectivity index (χ1) is 5.87. The van der Waals surface area contributed by atoms with Crippen LogP contribution in [0.25, 0.3) is 0 Å². The topological polar surface area (TPSA) is 54.5 Å². The third-order valence-corrected chi connectivity index (χ3v) is 4.97. The van der Waals surface area contributed by atoms with Gasteiger partial charge in [-0.1, -0.05) is 0 Å². The van der Waals surface area contributed by atoms with Crippen LogP contribution in [0.1, 0.15) is 19.8 Å². The highest BCUT2D eigenvalue weighted by atomic mass is 32.2. The summed E-state index contributed by atoms with van der Waals surface area (Å²) in [7, 11) is -0.212. The molecule has 0 saturated heterocycles. The first-order valence-electron chi connectivity index (χ1n) is 4.29. The van der Waals surface area contributed by atoms with Crippen molar-refractivity contribution in [2.45, 2.75) is 25.0 Å². The standard InChI is InChI=1S/C8H15NO3S/c1-6(10)7-4-5-8(7)13(11,12)9(2)3/h7-8H,4-5H2,1-3H3. The third kappa shape index (κ3) is 1.76. The Morgan fingerprint density at radius 3 is 2.08 bits per heavy atom. The summed E-state index contributed by atoms with van der Waals surface area (Å²) in [6.07, 6.45) is 1.33. The predicted octanol–water partition coefficient (Wildman–Crippen LogP) is 0.245. The Hall–Kier alpha value is -0.420. The summed E-state index contributed by atoms with van der Waals surface area (Å²) >= 11 is 0. The van der Waals surface area contributed by atoms with E-state index in [1.54, 1.807) is 0 Å². The quantitative estimate of drug-likeness (QED) is 0.663. The molecule has 0 aromatic rings. The lowest BCUT2D eigenvalue weighted by molar-refractivity contribution is -0.122. The second-order valence-electron chi connectivity index (χ2n) is 3.66. The van der Waals surface area contributed by atoms with Gasteiger partial charge in [-0.25, -0.2) is 12.7 Å². The van der Waals surface area contributed by atoms with Crippen LogP contribution in [0.3, 0.4) is 0 Å². The fourth-order valence-electron chi connectivity index (χ4n) is 1.56. The van der Waals surface area contributed by atoms with Crippen LogP contribution in [0.4, 0.5) is 0 Å². The summed E-state index contributed by atoms with van der Waals surface area (Å²) in [5.74, 6) is -0.283. The van der Waals surface area contributed by atoms with Gasteiger partial charge in [-0.05, 0) is 19.8 Å². The Morgan fingerprint density at radius 2 is 1.85 bits per heavy atom. The SMILES string of the molecule is CC(=O)C1CCC1S(=O)(=O)N(C)C. The molecule has 1 aliphatic rings. The average Bonchev–Trinajstić information content (AvgIpc) is 1.80. The highest BCUT2D eigenvalue weighted by Gasteiger charge is 2.44. The minimum absolute atomic E-state index is 0.0123. The van der Waals surface area contributed by atoms with Crippen molar-refractivity contribution in [3.05, 3.63) is 0 Å². The molecule has 5 heteroatoms. The third-order valence-electron chi connectivity index (χ3n) is 2.62. The molecule has 1 aliphatic carbocycles. The highest BCUT2D eigenvalue weighted by Crippen LogP contribution is 2.34. The van der Waals surface area contributed by atoms with E-state index in [1.807, 2.05) is 0 Å². The number of carbonyl (C=O) groups is 1. The maximum atomic E-state index is 11.6. The van der Waals surface area contributed by atoms with Gasteiger partial charge >= 0.3 is 0 Å². The summed E-state index contributed by atoms with van der Waals surface area (Å²) in [5.41, 5.74) is 0. The highest BCUT2D eigenvalue weighted by molar-refractivity contribution is 7.89. The van der Waals surface area contributed by atoms with Gasteiger partial charge in [0.25, 0.3) is 0 Å². The first kappa shape index (κ1) is 10.7. The van der Waals surface area contributed by atoms with Gasteiger partial charge in [-0.2, -0.15) is 0 Å². The molecule has 0 amide bonds. The number of ketones is 1. The first-order valence-corrected chi connectivity index (χ1v) is 5.79. The van der Waals surface area contributed by atoms with E-state index in [1.165, 1.54) is 25.3 Å². The molecule has 1 rings (SSSR count). The number of sulfonamides is 1. The van der Waals surface area contributed by atoms with E-state index in [0.29, 0.717) is 12.8 Å². The van der Waals surface area contributed by atoms with Crippen LogP contribution >= 0.6 is 0 Å². The molecule has 76 valence electrons. The summed E-state index contributed by atoms with van der Waals surface area (Å²) in [5, 5.41) is -0.472. The van der Waals surface area contributed by atoms with Crippen LogP contribution in [-0.2, 0) is 14.8 Å². The lowest BCUT2D eigenvalue weighted by Gasteiger charge is -2.35. The minimum Gasteiger partial charge on any atom is -0.300 e. The number of rotatable bonds is 3. The predicted molar refractivity (Wildman–Crippen MR) is 49.8 cm³/mol. The molecule has 0 bridgehead atoms. The number of hydrogen-bond acceptors (Lipinski definition) is 3. The largest absolute Gasteiger partial charge is 0.300 e. The summed E-state index contributed by atoms with van der Waals surface area (Å²) < 4.78 is 24.4. The molecular formula is C8H15NO3S. The number of Topliss-reactive ketones (excluding diaryl/α,β-unsaturated/α-hetero) is 1. The molecule has 13 heavy (non-hydrogen) atoms.